The van der Waals surface area contributed by atoms with Crippen molar-refractivity contribution in [2.45, 2.75) is 6.42 Å². The van der Waals surface area contributed by atoms with Gasteiger partial charge in [0.25, 0.3) is 5.91 Å². The summed E-state index contributed by atoms with van der Waals surface area (Å²) < 4.78 is 16.0. The highest BCUT2D eigenvalue weighted by atomic mass is 16.5. The molecule has 134 valence electrons. The number of carbonyl (C=O) groups excluding carboxylic acids is 2. The molecular formula is C20H19NO5. The molecule has 1 N–H and O–H groups in total. The second-order valence-electron chi connectivity index (χ2n) is 5.61. The number of rotatable bonds is 5. The van der Waals surface area contributed by atoms with Gasteiger partial charge < -0.3 is 19.5 Å². The van der Waals surface area contributed by atoms with Gasteiger partial charge in [0.05, 0.1) is 13.2 Å². The summed E-state index contributed by atoms with van der Waals surface area (Å²) in [4.78, 5) is 23.6. The summed E-state index contributed by atoms with van der Waals surface area (Å²) in [6, 6.07) is 14.5. The van der Waals surface area contributed by atoms with E-state index in [1.165, 1.54) is 6.08 Å². The molecule has 6 nitrogen and oxygen atoms in total. The maximum Gasteiger partial charge on any atom is 0.331 e. The van der Waals surface area contributed by atoms with E-state index in [1.807, 2.05) is 30.3 Å². The molecule has 2 aromatic rings. The van der Waals surface area contributed by atoms with Crippen LogP contribution in [-0.4, -0.2) is 31.7 Å². The maximum atomic E-state index is 11.9. The molecule has 1 heterocycles. The summed E-state index contributed by atoms with van der Waals surface area (Å²) in [6.45, 7) is 0.799. The summed E-state index contributed by atoms with van der Waals surface area (Å²) in [7, 11) is 0. The highest BCUT2D eigenvalue weighted by Gasteiger charge is 2.12. The van der Waals surface area contributed by atoms with Gasteiger partial charge in [0, 0.05) is 24.3 Å². The number of amides is 1. The number of esters is 1. The quantitative estimate of drug-likeness (QED) is 0.661. The standard InChI is InChI=1S/C20H19NO5/c22-19(14-26-20(23)10-7-15-5-2-1-3-6-15)21-16-8-9-17-18(13-16)25-12-4-11-24-17/h1-3,5-10,13H,4,11-12,14H2,(H,21,22)/b10-7+. The molecule has 0 aliphatic carbocycles. The fourth-order valence-corrected chi connectivity index (χ4v) is 2.35. The third-order valence-corrected chi connectivity index (χ3v) is 3.59. The number of anilines is 1. The topological polar surface area (TPSA) is 73.9 Å². The average Bonchev–Trinajstić information content (AvgIpc) is 2.90. The Morgan fingerprint density at radius 3 is 2.62 bits per heavy atom. The summed E-state index contributed by atoms with van der Waals surface area (Å²) in [5, 5.41) is 2.67. The van der Waals surface area contributed by atoms with Gasteiger partial charge in [-0.2, -0.15) is 0 Å². The normalized spacial score (nSPS) is 13.1. The van der Waals surface area contributed by atoms with Crippen LogP contribution in [0.25, 0.3) is 6.08 Å². The van der Waals surface area contributed by atoms with Gasteiger partial charge in [-0.25, -0.2) is 4.79 Å². The predicted octanol–water partition coefficient (Wildman–Crippen LogP) is 3.04. The number of carbonyl (C=O) groups is 2. The molecule has 0 atom stereocenters. The lowest BCUT2D eigenvalue weighted by atomic mass is 10.2. The van der Waals surface area contributed by atoms with E-state index in [1.54, 1.807) is 24.3 Å². The van der Waals surface area contributed by atoms with E-state index in [2.05, 4.69) is 5.32 Å². The van der Waals surface area contributed by atoms with Crippen molar-refractivity contribution in [2.75, 3.05) is 25.1 Å². The van der Waals surface area contributed by atoms with Gasteiger partial charge in [-0.3, -0.25) is 4.79 Å². The number of benzene rings is 2. The van der Waals surface area contributed by atoms with Crippen LogP contribution in [0.2, 0.25) is 0 Å². The summed E-state index contributed by atoms with van der Waals surface area (Å²) in [5.74, 6) is 0.227. The van der Waals surface area contributed by atoms with Gasteiger partial charge in [0.1, 0.15) is 0 Å². The number of hydrogen-bond acceptors (Lipinski definition) is 5. The van der Waals surface area contributed by atoms with Gasteiger partial charge in [0.2, 0.25) is 0 Å². The Morgan fingerprint density at radius 2 is 1.81 bits per heavy atom. The SMILES string of the molecule is O=C(COC(=O)/C=C/c1ccccc1)Nc1ccc2c(c1)OCCCO2. The molecule has 3 rings (SSSR count). The van der Waals surface area contributed by atoms with Crippen molar-refractivity contribution < 1.29 is 23.8 Å². The van der Waals surface area contributed by atoms with Gasteiger partial charge in [-0.1, -0.05) is 30.3 Å². The Kier molecular flexibility index (Phi) is 5.88. The Labute approximate surface area is 151 Å². The molecule has 0 saturated heterocycles. The van der Waals surface area contributed by atoms with Crippen LogP contribution in [-0.2, 0) is 14.3 Å². The summed E-state index contributed by atoms with van der Waals surface area (Å²) in [5.41, 5.74) is 1.43. The highest BCUT2D eigenvalue weighted by Crippen LogP contribution is 2.32. The van der Waals surface area contributed by atoms with Crippen molar-refractivity contribution in [1.82, 2.24) is 0 Å². The third-order valence-electron chi connectivity index (χ3n) is 3.59. The van der Waals surface area contributed by atoms with Gasteiger partial charge in [0.15, 0.2) is 18.1 Å². The van der Waals surface area contributed by atoms with E-state index in [0.717, 1.165) is 12.0 Å². The first kappa shape index (κ1) is 17.5. The van der Waals surface area contributed by atoms with Gasteiger partial charge in [-0.15, -0.1) is 0 Å². The molecule has 0 aromatic heterocycles. The van der Waals surface area contributed by atoms with Crippen LogP contribution in [0.1, 0.15) is 12.0 Å². The lowest BCUT2D eigenvalue weighted by Gasteiger charge is -2.10. The third kappa shape index (κ3) is 5.11. The number of nitrogens with one attached hydrogen (secondary N) is 1. The largest absolute Gasteiger partial charge is 0.490 e. The second-order valence-corrected chi connectivity index (χ2v) is 5.61. The van der Waals surface area contributed by atoms with Crippen LogP contribution in [0.4, 0.5) is 5.69 Å². The van der Waals surface area contributed by atoms with Crippen molar-refractivity contribution in [2.24, 2.45) is 0 Å². The monoisotopic (exact) mass is 353 g/mol. The Morgan fingerprint density at radius 1 is 1.04 bits per heavy atom. The second kappa shape index (κ2) is 8.71. The molecule has 6 heteroatoms. The van der Waals surface area contributed by atoms with Crippen molar-refractivity contribution >= 4 is 23.6 Å². The van der Waals surface area contributed by atoms with Gasteiger partial charge >= 0.3 is 5.97 Å². The lowest BCUT2D eigenvalue weighted by Crippen LogP contribution is -2.20. The van der Waals surface area contributed by atoms with Crippen molar-refractivity contribution in [3.05, 3.63) is 60.2 Å². The summed E-state index contributed by atoms with van der Waals surface area (Å²) >= 11 is 0. The minimum Gasteiger partial charge on any atom is -0.490 e. The van der Waals surface area contributed by atoms with E-state index < -0.39 is 11.9 Å². The molecule has 0 spiro atoms. The zero-order chi connectivity index (χ0) is 18.2. The first-order valence-corrected chi connectivity index (χ1v) is 8.30. The first-order chi connectivity index (χ1) is 12.7. The molecule has 0 saturated carbocycles. The Balaban J connectivity index is 1.49. The van der Waals surface area contributed by atoms with Crippen molar-refractivity contribution in [3.8, 4) is 11.5 Å². The maximum absolute atomic E-state index is 11.9. The van der Waals surface area contributed by atoms with Crippen LogP contribution < -0.4 is 14.8 Å². The number of fused-ring (bicyclic) bond motifs is 1. The highest BCUT2D eigenvalue weighted by molar-refractivity contribution is 5.94. The van der Waals surface area contributed by atoms with E-state index in [0.29, 0.717) is 30.4 Å². The molecule has 0 unspecified atom stereocenters. The van der Waals surface area contributed by atoms with Crippen LogP contribution in [0, 0.1) is 0 Å². The molecule has 26 heavy (non-hydrogen) atoms. The van der Waals surface area contributed by atoms with Crippen LogP contribution >= 0.6 is 0 Å². The van der Waals surface area contributed by atoms with E-state index >= 15 is 0 Å². The van der Waals surface area contributed by atoms with Crippen LogP contribution in [0.3, 0.4) is 0 Å². The Hall–Kier alpha value is -3.28. The molecule has 1 amide bonds. The van der Waals surface area contributed by atoms with E-state index in [9.17, 15) is 9.59 Å². The molecule has 2 aromatic carbocycles. The fourth-order valence-electron chi connectivity index (χ4n) is 2.35. The predicted molar refractivity (Wildman–Crippen MR) is 97.1 cm³/mol. The van der Waals surface area contributed by atoms with Crippen molar-refractivity contribution in [1.29, 1.82) is 0 Å². The fraction of sp³-hybridized carbons (Fsp3) is 0.200. The first-order valence-electron chi connectivity index (χ1n) is 8.30. The van der Waals surface area contributed by atoms with Crippen LogP contribution in [0.15, 0.2) is 54.6 Å². The molecule has 0 radical (unpaired) electrons. The minimum absolute atomic E-state index is 0.369. The number of ether oxygens (including phenoxy) is 3. The number of hydrogen-bond donors (Lipinski definition) is 1. The van der Waals surface area contributed by atoms with Crippen LogP contribution in [0.5, 0.6) is 11.5 Å². The van der Waals surface area contributed by atoms with Crippen molar-refractivity contribution in [3.63, 3.8) is 0 Å². The minimum atomic E-state index is -0.581. The zero-order valence-electron chi connectivity index (χ0n) is 14.1. The smallest absolute Gasteiger partial charge is 0.331 e. The van der Waals surface area contributed by atoms with E-state index in [-0.39, 0.29) is 6.61 Å². The lowest BCUT2D eigenvalue weighted by molar-refractivity contribution is -0.142. The molecule has 1 aliphatic rings. The molecule has 0 fully saturated rings. The molecular weight excluding hydrogens is 334 g/mol. The average molecular weight is 353 g/mol. The van der Waals surface area contributed by atoms with Gasteiger partial charge in [-0.05, 0) is 23.8 Å². The molecule has 0 bridgehead atoms. The summed E-state index contributed by atoms with van der Waals surface area (Å²) in [6.07, 6.45) is 3.73. The Bertz CT molecular complexity index is 801. The zero-order valence-corrected chi connectivity index (χ0v) is 14.1. The van der Waals surface area contributed by atoms with E-state index in [4.69, 9.17) is 14.2 Å². The molecule has 1 aliphatic heterocycles.